The lowest BCUT2D eigenvalue weighted by Gasteiger charge is -2.25. The molecule has 1 aromatic carbocycles. The van der Waals surface area contributed by atoms with Crippen LogP contribution in [0.4, 0.5) is 0 Å². The topological polar surface area (TPSA) is 40.5 Å². The van der Waals surface area contributed by atoms with Crippen molar-refractivity contribution < 1.29 is 9.90 Å². The molecule has 4 heteroatoms. The second-order valence-electron chi connectivity index (χ2n) is 4.64. The van der Waals surface area contributed by atoms with Crippen LogP contribution < -0.4 is 0 Å². The van der Waals surface area contributed by atoms with Crippen LogP contribution in [-0.4, -0.2) is 40.4 Å². The number of carboxylic acid groups (broad SMARTS) is 1. The summed E-state index contributed by atoms with van der Waals surface area (Å²) < 4.78 is 0. The molecule has 0 amide bonds. The highest BCUT2D eigenvalue weighted by Crippen LogP contribution is 2.29. The van der Waals surface area contributed by atoms with E-state index in [0.29, 0.717) is 6.04 Å². The Morgan fingerprint density at radius 1 is 1.44 bits per heavy atom. The molecular weight excluding hydrogens is 246 g/mol. The Bertz CT molecular complexity index is 392. The quantitative estimate of drug-likeness (QED) is 0.770. The Morgan fingerprint density at radius 2 is 2.11 bits per heavy atom. The number of carboxylic acids is 1. The highest BCUT2D eigenvalue weighted by molar-refractivity contribution is 7.99. The van der Waals surface area contributed by atoms with Crippen LogP contribution in [0.1, 0.15) is 19.8 Å². The van der Waals surface area contributed by atoms with Crippen LogP contribution in [-0.2, 0) is 4.79 Å². The van der Waals surface area contributed by atoms with Crippen molar-refractivity contribution in [3.8, 4) is 0 Å². The lowest BCUT2D eigenvalue weighted by molar-refractivity contribution is -0.142. The molecule has 3 nitrogen and oxygen atoms in total. The fourth-order valence-corrected chi connectivity index (χ4v) is 2.91. The van der Waals surface area contributed by atoms with Crippen molar-refractivity contribution in [1.82, 2.24) is 4.90 Å². The normalized spacial score (nSPS) is 16.8. The number of carbonyl (C=O) groups is 1. The van der Waals surface area contributed by atoms with Gasteiger partial charge in [-0.05, 0) is 31.9 Å². The molecule has 0 aromatic heterocycles. The Balaban J connectivity index is 1.81. The Morgan fingerprint density at radius 3 is 2.67 bits per heavy atom. The van der Waals surface area contributed by atoms with E-state index in [0.717, 1.165) is 25.1 Å². The van der Waals surface area contributed by atoms with Gasteiger partial charge >= 0.3 is 5.97 Å². The minimum absolute atomic E-state index is 0.367. The predicted octanol–water partition coefficient (Wildman–Crippen LogP) is 2.72. The summed E-state index contributed by atoms with van der Waals surface area (Å²) in [6.07, 6.45) is 2.29. The average Bonchev–Trinajstić information content (AvgIpc) is 3.19. The average molecular weight is 265 g/mol. The smallest absolute Gasteiger partial charge is 0.320 e. The Kier molecular flexibility index (Phi) is 4.66. The lowest BCUT2D eigenvalue weighted by atomic mass is 10.3. The monoisotopic (exact) mass is 265 g/mol. The van der Waals surface area contributed by atoms with E-state index in [9.17, 15) is 4.79 Å². The van der Waals surface area contributed by atoms with E-state index in [2.05, 4.69) is 17.0 Å². The summed E-state index contributed by atoms with van der Waals surface area (Å²) in [6.45, 7) is 2.63. The van der Waals surface area contributed by atoms with E-state index in [1.165, 1.54) is 4.90 Å². The van der Waals surface area contributed by atoms with Gasteiger partial charge in [-0.25, -0.2) is 0 Å². The van der Waals surface area contributed by atoms with Gasteiger partial charge in [0.15, 0.2) is 0 Å². The molecule has 1 saturated carbocycles. The molecule has 1 atom stereocenters. The molecule has 0 aliphatic heterocycles. The van der Waals surface area contributed by atoms with Crippen LogP contribution in [0.5, 0.6) is 0 Å². The predicted molar refractivity (Wildman–Crippen MR) is 74.0 cm³/mol. The van der Waals surface area contributed by atoms with E-state index in [1.807, 2.05) is 18.2 Å². The number of hydrogen-bond acceptors (Lipinski definition) is 3. The van der Waals surface area contributed by atoms with Gasteiger partial charge in [-0.3, -0.25) is 9.69 Å². The van der Waals surface area contributed by atoms with Crippen molar-refractivity contribution in [3.63, 3.8) is 0 Å². The SMILES string of the molecule is CC(C(=O)O)N(CCSc1ccccc1)C1CC1. The molecule has 1 aromatic rings. The van der Waals surface area contributed by atoms with Crippen LogP contribution in [0.25, 0.3) is 0 Å². The van der Waals surface area contributed by atoms with E-state index >= 15 is 0 Å². The second-order valence-corrected chi connectivity index (χ2v) is 5.81. The van der Waals surface area contributed by atoms with Gasteiger partial charge in [0, 0.05) is 23.2 Å². The van der Waals surface area contributed by atoms with E-state index < -0.39 is 5.97 Å². The van der Waals surface area contributed by atoms with Crippen LogP contribution in [0, 0.1) is 0 Å². The van der Waals surface area contributed by atoms with Gasteiger partial charge in [0.1, 0.15) is 6.04 Å². The third-order valence-corrected chi connectivity index (χ3v) is 4.22. The molecule has 1 aliphatic rings. The zero-order chi connectivity index (χ0) is 13.0. The molecule has 2 rings (SSSR count). The van der Waals surface area contributed by atoms with E-state index in [-0.39, 0.29) is 6.04 Å². The van der Waals surface area contributed by atoms with Crippen molar-refractivity contribution >= 4 is 17.7 Å². The van der Waals surface area contributed by atoms with Crippen molar-refractivity contribution in [2.45, 2.75) is 36.7 Å². The maximum absolute atomic E-state index is 11.1. The number of benzene rings is 1. The Labute approximate surface area is 112 Å². The van der Waals surface area contributed by atoms with E-state index in [4.69, 9.17) is 5.11 Å². The summed E-state index contributed by atoms with van der Waals surface area (Å²) in [4.78, 5) is 14.4. The maximum atomic E-state index is 11.1. The first kappa shape index (κ1) is 13.4. The van der Waals surface area contributed by atoms with Crippen LogP contribution in [0.15, 0.2) is 35.2 Å². The van der Waals surface area contributed by atoms with Crippen molar-refractivity contribution in [2.75, 3.05) is 12.3 Å². The molecule has 0 heterocycles. The molecule has 1 fully saturated rings. The summed E-state index contributed by atoms with van der Waals surface area (Å²) in [5.74, 6) is 0.226. The first-order chi connectivity index (χ1) is 8.68. The summed E-state index contributed by atoms with van der Waals surface area (Å²) in [5.41, 5.74) is 0. The summed E-state index contributed by atoms with van der Waals surface area (Å²) >= 11 is 1.79. The summed E-state index contributed by atoms with van der Waals surface area (Å²) in [6, 6.07) is 10.4. The molecule has 98 valence electrons. The third-order valence-electron chi connectivity index (χ3n) is 3.23. The molecule has 1 unspecified atom stereocenters. The highest BCUT2D eigenvalue weighted by Gasteiger charge is 2.34. The maximum Gasteiger partial charge on any atom is 0.320 e. The molecule has 1 N–H and O–H groups in total. The zero-order valence-electron chi connectivity index (χ0n) is 10.6. The standard InChI is InChI=1S/C14H19NO2S/c1-11(14(16)17)15(12-7-8-12)9-10-18-13-5-3-2-4-6-13/h2-6,11-12H,7-10H2,1H3,(H,16,17). The molecular formula is C14H19NO2S. The Hall–Kier alpha value is -1.00. The minimum atomic E-state index is -0.716. The first-order valence-electron chi connectivity index (χ1n) is 6.35. The summed E-state index contributed by atoms with van der Waals surface area (Å²) in [7, 11) is 0. The minimum Gasteiger partial charge on any atom is -0.480 e. The molecule has 0 spiro atoms. The van der Waals surface area contributed by atoms with Gasteiger partial charge < -0.3 is 5.11 Å². The fourth-order valence-electron chi connectivity index (χ4n) is 2.03. The van der Waals surface area contributed by atoms with Gasteiger partial charge in [-0.2, -0.15) is 0 Å². The lowest BCUT2D eigenvalue weighted by Crippen LogP contribution is -2.41. The second kappa shape index (κ2) is 6.25. The number of nitrogens with zero attached hydrogens (tertiary/aromatic N) is 1. The van der Waals surface area contributed by atoms with Crippen LogP contribution >= 0.6 is 11.8 Å². The molecule has 18 heavy (non-hydrogen) atoms. The van der Waals surface area contributed by atoms with Crippen LogP contribution in [0.3, 0.4) is 0 Å². The molecule has 0 radical (unpaired) electrons. The summed E-state index contributed by atoms with van der Waals surface area (Å²) in [5, 5.41) is 9.10. The van der Waals surface area contributed by atoms with Crippen molar-refractivity contribution in [2.24, 2.45) is 0 Å². The van der Waals surface area contributed by atoms with Gasteiger partial charge in [0.25, 0.3) is 0 Å². The first-order valence-corrected chi connectivity index (χ1v) is 7.33. The van der Waals surface area contributed by atoms with E-state index in [1.54, 1.807) is 18.7 Å². The number of hydrogen-bond donors (Lipinski definition) is 1. The van der Waals surface area contributed by atoms with Gasteiger partial charge in [0.2, 0.25) is 0 Å². The molecule has 0 bridgehead atoms. The molecule has 1 aliphatic carbocycles. The van der Waals surface area contributed by atoms with Crippen molar-refractivity contribution in [3.05, 3.63) is 30.3 Å². The zero-order valence-corrected chi connectivity index (χ0v) is 11.4. The number of rotatable bonds is 7. The van der Waals surface area contributed by atoms with Crippen molar-refractivity contribution in [1.29, 1.82) is 0 Å². The van der Waals surface area contributed by atoms with Gasteiger partial charge in [-0.15, -0.1) is 11.8 Å². The van der Waals surface area contributed by atoms with Crippen LogP contribution in [0.2, 0.25) is 0 Å². The van der Waals surface area contributed by atoms with Gasteiger partial charge in [-0.1, -0.05) is 18.2 Å². The number of thioether (sulfide) groups is 1. The van der Waals surface area contributed by atoms with Gasteiger partial charge in [0.05, 0.1) is 0 Å². The number of aliphatic carboxylic acids is 1. The highest BCUT2D eigenvalue weighted by atomic mass is 32.2. The third kappa shape index (κ3) is 3.75. The largest absolute Gasteiger partial charge is 0.480 e. The fraction of sp³-hybridized carbons (Fsp3) is 0.500. The molecule has 0 saturated heterocycles.